The number of aromatic nitrogens is 3. The number of rotatable bonds is 6. The van der Waals surface area contributed by atoms with Gasteiger partial charge in [-0.15, -0.1) is 10.2 Å². The maximum Gasteiger partial charge on any atom is 0.256 e. The minimum Gasteiger partial charge on any atom is -0.329 e. The second-order valence-corrected chi connectivity index (χ2v) is 6.03. The summed E-state index contributed by atoms with van der Waals surface area (Å²) in [4.78, 5) is 4.16. The number of nitrogens with two attached hydrogens (primary N) is 1. The Morgan fingerprint density at radius 3 is 2.33 bits per heavy atom. The van der Waals surface area contributed by atoms with Crippen molar-refractivity contribution in [1.82, 2.24) is 15.2 Å². The molecule has 0 aliphatic heterocycles. The van der Waals surface area contributed by atoms with Gasteiger partial charge in [0.25, 0.3) is 5.95 Å². The summed E-state index contributed by atoms with van der Waals surface area (Å²) < 4.78 is 25.9. The summed E-state index contributed by atoms with van der Waals surface area (Å²) in [6.07, 6.45) is 1.40. The fraction of sp³-hybridized carbons (Fsp3) is 0.700. The van der Waals surface area contributed by atoms with Gasteiger partial charge in [-0.1, -0.05) is 13.8 Å². The summed E-state index contributed by atoms with van der Waals surface area (Å²) in [5.74, 6) is 0.00403. The molecule has 0 aliphatic rings. The molecule has 0 aliphatic carbocycles. The van der Waals surface area contributed by atoms with Crippen molar-refractivity contribution >= 4 is 16.0 Å². The second-order valence-electron chi connectivity index (χ2n) is 3.93. The van der Waals surface area contributed by atoms with Crippen molar-refractivity contribution in [1.29, 1.82) is 0 Å². The number of nitrogens with one attached hydrogen (secondary N) is 1. The van der Waals surface area contributed by atoms with Crippen molar-refractivity contribution in [2.24, 2.45) is 5.73 Å². The smallest absolute Gasteiger partial charge is 0.256 e. The van der Waals surface area contributed by atoms with Crippen LogP contribution in [0, 0.1) is 0 Å². The Morgan fingerprint density at radius 2 is 1.83 bits per heavy atom. The molecule has 1 atom stereocenters. The van der Waals surface area contributed by atoms with E-state index in [1.807, 2.05) is 13.8 Å². The van der Waals surface area contributed by atoms with Crippen LogP contribution in [0.3, 0.4) is 0 Å². The lowest BCUT2D eigenvalue weighted by Crippen LogP contribution is -2.32. The maximum absolute atomic E-state index is 11.8. The van der Waals surface area contributed by atoms with Gasteiger partial charge in [-0.25, -0.2) is 18.1 Å². The molecule has 0 aromatic carbocycles. The molecule has 102 valence electrons. The first-order valence-electron chi connectivity index (χ1n) is 5.88. The minimum absolute atomic E-state index is 0.00403. The predicted molar refractivity (Wildman–Crippen MR) is 69.6 cm³/mol. The standard InChI is InChI=1S/C10H19N5O2S/c1-4-8-9(5-2)13-14-10(12-8)15-18(16,17)7(3)6-11/h7H,4-6,11H2,1-3H3,(H,12,14,15). The highest BCUT2D eigenvalue weighted by atomic mass is 32.2. The highest BCUT2D eigenvalue weighted by molar-refractivity contribution is 7.93. The Labute approximate surface area is 107 Å². The van der Waals surface area contributed by atoms with Gasteiger partial charge in [-0.05, 0) is 19.8 Å². The third-order valence-electron chi connectivity index (χ3n) is 2.60. The van der Waals surface area contributed by atoms with E-state index in [0.717, 1.165) is 17.8 Å². The fourth-order valence-electron chi connectivity index (χ4n) is 1.34. The average Bonchev–Trinajstić information content (AvgIpc) is 2.36. The molecule has 0 saturated carbocycles. The van der Waals surface area contributed by atoms with Crippen LogP contribution in [0.5, 0.6) is 0 Å². The van der Waals surface area contributed by atoms with Crippen molar-refractivity contribution in [2.45, 2.75) is 38.9 Å². The normalized spacial score (nSPS) is 13.3. The van der Waals surface area contributed by atoms with Crippen molar-refractivity contribution in [3.63, 3.8) is 0 Å². The van der Waals surface area contributed by atoms with Gasteiger partial charge in [0.05, 0.1) is 16.6 Å². The van der Waals surface area contributed by atoms with E-state index in [4.69, 9.17) is 5.73 Å². The Balaban J connectivity index is 2.99. The van der Waals surface area contributed by atoms with Crippen LogP contribution in [0.1, 0.15) is 32.2 Å². The molecule has 0 radical (unpaired) electrons. The van der Waals surface area contributed by atoms with Gasteiger partial charge >= 0.3 is 0 Å². The number of hydrogen-bond acceptors (Lipinski definition) is 6. The summed E-state index contributed by atoms with van der Waals surface area (Å²) in [6.45, 7) is 5.45. The Hall–Kier alpha value is -1.28. The quantitative estimate of drug-likeness (QED) is 0.759. The zero-order valence-electron chi connectivity index (χ0n) is 10.8. The van der Waals surface area contributed by atoms with Crippen LogP contribution >= 0.6 is 0 Å². The number of anilines is 1. The van der Waals surface area contributed by atoms with E-state index in [1.54, 1.807) is 0 Å². The molecule has 1 aromatic heterocycles. The minimum atomic E-state index is -3.55. The summed E-state index contributed by atoms with van der Waals surface area (Å²) in [6, 6.07) is 0. The lowest BCUT2D eigenvalue weighted by molar-refractivity contribution is 0.588. The third kappa shape index (κ3) is 3.36. The SMILES string of the molecule is CCc1nnc(NS(=O)(=O)C(C)CN)nc1CC. The van der Waals surface area contributed by atoms with E-state index in [-0.39, 0.29) is 12.5 Å². The molecule has 3 N–H and O–H groups in total. The van der Waals surface area contributed by atoms with Gasteiger partial charge in [-0.3, -0.25) is 0 Å². The molecular weight excluding hydrogens is 254 g/mol. The number of sulfonamides is 1. The molecule has 1 rings (SSSR count). The topological polar surface area (TPSA) is 111 Å². The monoisotopic (exact) mass is 273 g/mol. The van der Waals surface area contributed by atoms with Crippen LogP contribution < -0.4 is 10.5 Å². The molecule has 0 saturated heterocycles. The zero-order chi connectivity index (χ0) is 13.8. The lowest BCUT2D eigenvalue weighted by atomic mass is 10.2. The van der Waals surface area contributed by atoms with Gasteiger partial charge < -0.3 is 5.73 Å². The summed E-state index contributed by atoms with van der Waals surface area (Å²) >= 11 is 0. The van der Waals surface area contributed by atoms with Crippen LogP contribution in [0.25, 0.3) is 0 Å². The van der Waals surface area contributed by atoms with Crippen molar-refractivity contribution in [3.8, 4) is 0 Å². The molecule has 0 amide bonds. The van der Waals surface area contributed by atoms with Crippen molar-refractivity contribution in [3.05, 3.63) is 11.4 Å². The van der Waals surface area contributed by atoms with Gasteiger partial charge in [-0.2, -0.15) is 0 Å². The van der Waals surface area contributed by atoms with E-state index in [0.29, 0.717) is 6.42 Å². The van der Waals surface area contributed by atoms with E-state index < -0.39 is 15.3 Å². The maximum atomic E-state index is 11.8. The number of hydrogen-bond donors (Lipinski definition) is 2. The van der Waals surface area contributed by atoms with Gasteiger partial charge in [0.1, 0.15) is 0 Å². The molecule has 1 aromatic rings. The Kier molecular flexibility index (Phi) is 4.97. The Morgan fingerprint density at radius 1 is 1.22 bits per heavy atom. The first kappa shape index (κ1) is 14.8. The highest BCUT2D eigenvalue weighted by Crippen LogP contribution is 2.09. The number of aryl methyl sites for hydroxylation is 2. The third-order valence-corrected chi connectivity index (χ3v) is 4.32. The molecule has 0 fully saturated rings. The van der Waals surface area contributed by atoms with Crippen LogP contribution in [0.4, 0.5) is 5.95 Å². The van der Waals surface area contributed by atoms with Crippen LogP contribution in [-0.2, 0) is 22.9 Å². The van der Waals surface area contributed by atoms with Crippen LogP contribution in [0.15, 0.2) is 0 Å². The molecule has 0 bridgehead atoms. The number of nitrogens with zero attached hydrogens (tertiary/aromatic N) is 3. The van der Waals surface area contributed by atoms with Gasteiger partial charge in [0.15, 0.2) is 0 Å². The van der Waals surface area contributed by atoms with Crippen molar-refractivity contribution < 1.29 is 8.42 Å². The van der Waals surface area contributed by atoms with E-state index in [9.17, 15) is 8.42 Å². The zero-order valence-corrected chi connectivity index (χ0v) is 11.7. The second kappa shape index (κ2) is 6.05. The van der Waals surface area contributed by atoms with E-state index >= 15 is 0 Å². The summed E-state index contributed by atoms with van der Waals surface area (Å²) in [5.41, 5.74) is 6.88. The Bertz CT molecular complexity index is 503. The van der Waals surface area contributed by atoms with Gasteiger partial charge in [0, 0.05) is 6.54 Å². The largest absolute Gasteiger partial charge is 0.329 e. The molecule has 1 heterocycles. The summed E-state index contributed by atoms with van der Waals surface area (Å²) in [7, 11) is -3.55. The average molecular weight is 273 g/mol. The first-order chi connectivity index (χ1) is 8.44. The molecule has 18 heavy (non-hydrogen) atoms. The van der Waals surface area contributed by atoms with Crippen molar-refractivity contribution in [2.75, 3.05) is 11.3 Å². The molecule has 7 nitrogen and oxygen atoms in total. The van der Waals surface area contributed by atoms with Crippen LogP contribution in [0.2, 0.25) is 0 Å². The van der Waals surface area contributed by atoms with Crippen LogP contribution in [-0.4, -0.2) is 35.4 Å². The van der Waals surface area contributed by atoms with E-state index in [2.05, 4.69) is 19.9 Å². The van der Waals surface area contributed by atoms with Gasteiger partial charge in [0.2, 0.25) is 10.0 Å². The fourth-order valence-corrected chi connectivity index (χ4v) is 2.13. The molecular formula is C10H19N5O2S. The first-order valence-corrected chi connectivity index (χ1v) is 7.43. The molecule has 8 heteroatoms. The lowest BCUT2D eigenvalue weighted by Gasteiger charge is -2.12. The highest BCUT2D eigenvalue weighted by Gasteiger charge is 2.20. The summed E-state index contributed by atoms with van der Waals surface area (Å²) in [5, 5.41) is 7.04. The molecule has 0 spiro atoms. The predicted octanol–water partition coefficient (Wildman–Crippen LogP) is 0.0853. The molecule has 1 unspecified atom stereocenters. The van der Waals surface area contributed by atoms with E-state index in [1.165, 1.54) is 6.92 Å².